The molecule has 0 aliphatic rings. The van der Waals surface area contributed by atoms with Gasteiger partial charge in [0.05, 0.1) is 33.3 Å². The van der Waals surface area contributed by atoms with Crippen molar-refractivity contribution in [1.29, 1.82) is 0 Å². The third kappa shape index (κ3) is 5.14. The van der Waals surface area contributed by atoms with E-state index in [0.717, 1.165) is 77.6 Å². The number of para-hydroxylation sites is 3. The molecule has 0 amide bonds. The van der Waals surface area contributed by atoms with Crippen molar-refractivity contribution in [3.05, 3.63) is 206 Å². The van der Waals surface area contributed by atoms with Gasteiger partial charge in [-0.3, -0.25) is 0 Å². The lowest BCUT2D eigenvalue weighted by molar-refractivity contribution is 0.669. The summed E-state index contributed by atoms with van der Waals surface area (Å²) in [5, 5.41) is 8.09. The fourth-order valence-corrected chi connectivity index (χ4v) is 9.56. The minimum Gasteiger partial charge on any atom is -0.456 e. The Balaban J connectivity index is 1.05. The zero-order valence-electron chi connectivity index (χ0n) is 32.8. The summed E-state index contributed by atoms with van der Waals surface area (Å²) in [6, 6.07) is 73.1. The summed E-state index contributed by atoms with van der Waals surface area (Å²) in [5.74, 6) is 0.696. The summed E-state index contributed by atoms with van der Waals surface area (Å²) in [4.78, 5) is 10.2. The molecule has 0 fully saturated rings. The second-order valence-electron chi connectivity index (χ2n) is 15.7. The molecule has 0 spiro atoms. The van der Waals surface area contributed by atoms with Gasteiger partial charge in [0.25, 0.3) is 0 Å². The fourth-order valence-electron chi connectivity index (χ4n) is 9.56. The number of aromatic nitrogens is 4. The number of furan rings is 1. The zero-order valence-corrected chi connectivity index (χ0v) is 32.8. The quantitative estimate of drug-likeness (QED) is 0.175. The van der Waals surface area contributed by atoms with Crippen LogP contribution in [0.1, 0.15) is 0 Å². The summed E-state index contributed by atoms with van der Waals surface area (Å²) >= 11 is 0. The number of fused-ring (bicyclic) bond motifs is 11. The molecule has 5 nitrogen and oxygen atoms in total. The lowest BCUT2D eigenvalue weighted by Gasteiger charge is -2.12. The van der Waals surface area contributed by atoms with Gasteiger partial charge in [-0.25, -0.2) is 9.97 Å². The van der Waals surface area contributed by atoms with E-state index in [1.165, 1.54) is 38.2 Å². The molecule has 0 radical (unpaired) electrons. The average Bonchev–Trinajstić information content (AvgIpc) is 3.98. The fraction of sp³-hybridized carbons (Fsp3) is 0. The Morgan fingerprint density at radius 2 is 0.885 bits per heavy atom. The van der Waals surface area contributed by atoms with E-state index in [4.69, 9.17) is 14.4 Å². The second-order valence-corrected chi connectivity index (χ2v) is 15.7. The maximum atomic E-state index is 6.53. The van der Waals surface area contributed by atoms with Gasteiger partial charge in [-0.05, 0) is 83.9 Å². The monoisotopic (exact) mass is 778 g/mol. The van der Waals surface area contributed by atoms with Crippen LogP contribution in [-0.4, -0.2) is 19.1 Å². The van der Waals surface area contributed by atoms with Crippen LogP contribution < -0.4 is 0 Å². The molecule has 4 heterocycles. The van der Waals surface area contributed by atoms with Crippen LogP contribution in [0, 0.1) is 0 Å². The van der Waals surface area contributed by atoms with Crippen molar-refractivity contribution < 1.29 is 4.42 Å². The first kappa shape index (κ1) is 33.7. The highest BCUT2D eigenvalue weighted by Gasteiger charge is 2.23. The molecule has 0 saturated carbocycles. The van der Waals surface area contributed by atoms with Gasteiger partial charge in [0, 0.05) is 66.3 Å². The van der Waals surface area contributed by atoms with E-state index < -0.39 is 0 Å². The minimum atomic E-state index is 0.696. The molecule has 13 aromatic rings. The molecule has 9 aromatic carbocycles. The summed E-state index contributed by atoms with van der Waals surface area (Å²) in [5.41, 5.74) is 14.7. The molecule has 0 N–H and O–H groups in total. The molecule has 284 valence electrons. The van der Waals surface area contributed by atoms with Gasteiger partial charge in [0.2, 0.25) is 0 Å². The van der Waals surface area contributed by atoms with Crippen molar-refractivity contribution >= 4 is 76.5 Å². The normalized spacial score (nSPS) is 11.9. The third-order valence-electron chi connectivity index (χ3n) is 12.3. The van der Waals surface area contributed by atoms with Gasteiger partial charge in [-0.1, -0.05) is 127 Å². The van der Waals surface area contributed by atoms with Crippen LogP contribution in [0.3, 0.4) is 0 Å². The number of hydrogen-bond acceptors (Lipinski definition) is 3. The number of benzene rings is 9. The smallest absolute Gasteiger partial charge is 0.160 e. The molecule has 0 unspecified atom stereocenters. The van der Waals surface area contributed by atoms with Gasteiger partial charge < -0.3 is 13.6 Å². The van der Waals surface area contributed by atoms with Crippen molar-refractivity contribution in [3.8, 4) is 45.1 Å². The lowest BCUT2D eigenvalue weighted by Crippen LogP contribution is -1.97. The topological polar surface area (TPSA) is 48.8 Å². The maximum absolute atomic E-state index is 6.53. The van der Waals surface area contributed by atoms with Crippen LogP contribution in [-0.2, 0) is 0 Å². The van der Waals surface area contributed by atoms with Crippen molar-refractivity contribution in [3.63, 3.8) is 0 Å². The summed E-state index contributed by atoms with van der Waals surface area (Å²) < 4.78 is 11.3. The summed E-state index contributed by atoms with van der Waals surface area (Å²) in [6.45, 7) is 0. The van der Waals surface area contributed by atoms with Crippen molar-refractivity contribution in [2.75, 3.05) is 0 Å². The molecule has 0 bridgehead atoms. The average molecular weight is 779 g/mol. The standard InChI is InChI=1S/C56H34N4O/c1-3-13-35(14-4-1)36-23-27-39(28-24-36)59-47-21-11-8-19-43(47)53-48(59)31-32-49-54(53)45-33-44-41-17-9-12-22-51(41)61-52(44)34-50(45)60(49)40-29-25-38(26-30-40)56-57-46-20-10-7-18-42(46)55(58-56)37-15-5-2-6-16-37/h1-34H. The van der Waals surface area contributed by atoms with E-state index in [-0.39, 0.29) is 0 Å². The molecular formula is C56H34N4O. The molecule has 61 heavy (non-hydrogen) atoms. The Morgan fingerprint density at radius 1 is 0.328 bits per heavy atom. The molecule has 4 aromatic heterocycles. The highest BCUT2D eigenvalue weighted by molar-refractivity contribution is 6.30. The second kappa shape index (κ2) is 13.1. The number of hydrogen-bond donors (Lipinski definition) is 0. The van der Waals surface area contributed by atoms with E-state index in [2.05, 4.69) is 191 Å². The minimum absolute atomic E-state index is 0.696. The predicted octanol–water partition coefficient (Wildman–Crippen LogP) is 14.7. The molecule has 5 heteroatoms. The first-order valence-corrected chi connectivity index (χ1v) is 20.7. The van der Waals surface area contributed by atoms with Crippen molar-refractivity contribution in [1.82, 2.24) is 19.1 Å². The van der Waals surface area contributed by atoms with Crippen LogP contribution >= 0.6 is 0 Å². The largest absolute Gasteiger partial charge is 0.456 e. The zero-order chi connectivity index (χ0) is 40.0. The number of rotatable bonds is 5. The van der Waals surface area contributed by atoms with E-state index in [0.29, 0.717) is 5.82 Å². The number of nitrogens with zero attached hydrogens (tertiary/aromatic N) is 4. The lowest BCUT2D eigenvalue weighted by atomic mass is 10.0. The van der Waals surface area contributed by atoms with Crippen LogP contribution in [0.2, 0.25) is 0 Å². The van der Waals surface area contributed by atoms with E-state index >= 15 is 0 Å². The van der Waals surface area contributed by atoms with E-state index in [1.807, 2.05) is 24.3 Å². The molecule has 0 aliphatic carbocycles. The Kier molecular flexibility index (Phi) is 7.24. The Labute approximate surface area is 350 Å². The van der Waals surface area contributed by atoms with Crippen LogP contribution in [0.15, 0.2) is 211 Å². The molecule has 0 saturated heterocycles. The SMILES string of the molecule is c1ccc(-c2ccc(-n3c4ccccc4c4c5c6cc7c(cc6n(-c6ccc(-c8nc(-c9ccccc9)c9ccccc9n8)cc6)c5ccc43)oc3ccccc37)cc2)cc1. The van der Waals surface area contributed by atoms with Gasteiger partial charge in [-0.15, -0.1) is 0 Å². The molecule has 0 atom stereocenters. The predicted molar refractivity (Wildman–Crippen MR) is 252 cm³/mol. The van der Waals surface area contributed by atoms with Crippen molar-refractivity contribution in [2.45, 2.75) is 0 Å². The summed E-state index contributed by atoms with van der Waals surface area (Å²) in [6.07, 6.45) is 0. The molecule has 13 rings (SSSR count). The molecule has 0 aliphatic heterocycles. The summed E-state index contributed by atoms with van der Waals surface area (Å²) in [7, 11) is 0. The van der Waals surface area contributed by atoms with Crippen LogP contribution in [0.5, 0.6) is 0 Å². The van der Waals surface area contributed by atoms with E-state index in [9.17, 15) is 0 Å². The highest BCUT2D eigenvalue weighted by atomic mass is 16.3. The Hall–Kier alpha value is -8.28. The van der Waals surface area contributed by atoms with Crippen molar-refractivity contribution in [2.24, 2.45) is 0 Å². The first-order valence-electron chi connectivity index (χ1n) is 20.7. The highest BCUT2D eigenvalue weighted by Crippen LogP contribution is 2.45. The van der Waals surface area contributed by atoms with E-state index in [1.54, 1.807) is 0 Å². The van der Waals surface area contributed by atoms with Gasteiger partial charge in [-0.2, -0.15) is 0 Å². The third-order valence-corrected chi connectivity index (χ3v) is 12.3. The van der Waals surface area contributed by atoms with Gasteiger partial charge >= 0.3 is 0 Å². The first-order chi connectivity index (χ1) is 30.2. The van der Waals surface area contributed by atoms with Crippen LogP contribution in [0.4, 0.5) is 0 Å². The van der Waals surface area contributed by atoms with Crippen LogP contribution in [0.25, 0.3) is 122 Å². The van der Waals surface area contributed by atoms with Gasteiger partial charge in [0.15, 0.2) is 5.82 Å². The Bertz CT molecular complexity index is 3840. The maximum Gasteiger partial charge on any atom is 0.160 e. The molecular weight excluding hydrogens is 745 g/mol. The Morgan fingerprint density at radius 3 is 1.62 bits per heavy atom. The van der Waals surface area contributed by atoms with Gasteiger partial charge in [0.1, 0.15) is 11.2 Å².